The van der Waals surface area contributed by atoms with Gasteiger partial charge in [-0.15, -0.1) is 0 Å². The Morgan fingerprint density at radius 3 is 2.34 bits per heavy atom. The van der Waals surface area contributed by atoms with E-state index in [1.807, 2.05) is 25.2 Å². The number of rotatable bonds is 6. The molecule has 3 aromatic carbocycles. The van der Waals surface area contributed by atoms with Crippen LogP contribution in [0.5, 0.6) is 0 Å². The maximum Gasteiger partial charge on any atom is 0.257 e. The Balaban J connectivity index is 1.59. The van der Waals surface area contributed by atoms with E-state index in [0.29, 0.717) is 6.54 Å². The fourth-order valence-corrected chi connectivity index (χ4v) is 4.34. The predicted octanol–water partition coefficient (Wildman–Crippen LogP) is 5.42. The van der Waals surface area contributed by atoms with E-state index in [4.69, 9.17) is 5.10 Å². The zero-order chi connectivity index (χ0) is 22.7. The van der Waals surface area contributed by atoms with Gasteiger partial charge in [0.05, 0.1) is 18.3 Å². The second kappa shape index (κ2) is 9.49. The molecule has 0 aliphatic carbocycles. The highest BCUT2D eigenvalue weighted by Gasteiger charge is 2.33. The number of hydrogen-bond acceptors (Lipinski definition) is 3. The lowest BCUT2D eigenvalue weighted by Crippen LogP contribution is -2.36. The molecule has 4 rings (SSSR count). The molecule has 3 aromatic rings. The quantitative estimate of drug-likeness (QED) is 0.529. The molecule has 1 heterocycles. The summed E-state index contributed by atoms with van der Waals surface area (Å²) in [6, 6.07) is 25.0. The SMILES string of the molecule is Cc1ccc(C2CC(c3ccc(C)cc3C)=NN2C(=O)CN(C)Cc2ccccc2)cc1. The summed E-state index contributed by atoms with van der Waals surface area (Å²) in [6.45, 7) is 7.34. The molecule has 1 amide bonds. The molecule has 1 aliphatic heterocycles. The Bertz CT molecular complexity index is 1120. The highest BCUT2D eigenvalue weighted by Crippen LogP contribution is 2.34. The van der Waals surface area contributed by atoms with E-state index in [1.165, 1.54) is 22.3 Å². The first-order chi connectivity index (χ1) is 15.4. The highest BCUT2D eigenvalue weighted by molar-refractivity contribution is 6.04. The standard InChI is InChI=1S/C28H31N3O/c1-20-10-13-24(14-11-20)27-17-26(25-15-12-21(2)16-22(25)3)29-31(27)28(32)19-30(4)18-23-8-6-5-7-9-23/h5-16,27H,17-19H2,1-4H3. The summed E-state index contributed by atoms with van der Waals surface area (Å²) in [5.74, 6) is 0.0220. The van der Waals surface area contributed by atoms with E-state index in [1.54, 1.807) is 5.01 Å². The van der Waals surface area contributed by atoms with Gasteiger partial charge < -0.3 is 0 Å². The van der Waals surface area contributed by atoms with Crippen LogP contribution in [0.3, 0.4) is 0 Å². The van der Waals surface area contributed by atoms with Crippen molar-refractivity contribution in [3.8, 4) is 0 Å². The largest absolute Gasteiger partial charge is 0.293 e. The molecule has 0 spiro atoms. The van der Waals surface area contributed by atoms with Gasteiger partial charge in [0.1, 0.15) is 0 Å². The summed E-state index contributed by atoms with van der Waals surface area (Å²) in [6.07, 6.45) is 0.723. The highest BCUT2D eigenvalue weighted by atomic mass is 16.2. The minimum Gasteiger partial charge on any atom is -0.293 e. The third-order valence-corrected chi connectivity index (χ3v) is 6.02. The van der Waals surface area contributed by atoms with Gasteiger partial charge in [-0.1, -0.05) is 83.9 Å². The zero-order valence-corrected chi connectivity index (χ0v) is 19.4. The number of likely N-dealkylation sites (N-methyl/N-ethyl adjacent to an activating group) is 1. The van der Waals surface area contributed by atoms with E-state index in [-0.39, 0.29) is 11.9 Å². The topological polar surface area (TPSA) is 35.9 Å². The molecule has 1 unspecified atom stereocenters. The third kappa shape index (κ3) is 4.97. The molecule has 0 aromatic heterocycles. The second-order valence-electron chi connectivity index (χ2n) is 8.89. The molecule has 32 heavy (non-hydrogen) atoms. The molecule has 4 heteroatoms. The molecule has 4 nitrogen and oxygen atoms in total. The lowest BCUT2D eigenvalue weighted by molar-refractivity contribution is -0.134. The molecule has 0 radical (unpaired) electrons. The average Bonchev–Trinajstić information content (AvgIpc) is 3.20. The van der Waals surface area contributed by atoms with Crippen LogP contribution in [0.2, 0.25) is 0 Å². The van der Waals surface area contributed by atoms with Crippen LogP contribution >= 0.6 is 0 Å². The van der Waals surface area contributed by atoms with Crippen LogP contribution in [0.15, 0.2) is 77.9 Å². The number of nitrogens with zero attached hydrogens (tertiary/aromatic N) is 3. The van der Waals surface area contributed by atoms with Gasteiger partial charge in [-0.25, -0.2) is 5.01 Å². The van der Waals surface area contributed by atoms with E-state index in [2.05, 4.69) is 80.3 Å². The Kier molecular flexibility index (Phi) is 6.52. The lowest BCUT2D eigenvalue weighted by Gasteiger charge is -2.25. The molecule has 0 saturated carbocycles. The summed E-state index contributed by atoms with van der Waals surface area (Å²) in [5, 5.41) is 6.57. The third-order valence-electron chi connectivity index (χ3n) is 6.02. The molecule has 0 N–H and O–H groups in total. The van der Waals surface area contributed by atoms with Gasteiger partial charge in [0.15, 0.2) is 0 Å². The van der Waals surface area contributed by atoms with Crippen LogP contribution in [-0.2, 0) is 11.3 Å². The molecule has 1 aliphatic rings. The van der Waals surface area contributed by atoms with Gasteiger partial charge in [0.25, 0.3) is 5.91 Å². The summed E-state index contributed by atoms with van der Waals surface area (Å²) in [4.78, 5) is 15.4. The van der Waals surface area contributed by atoms with Crippen LogP contribution in [0.1, 0.15) is 45.8 Å². The Labute approximate surface area is 191 Å². The first-order valence-electron chi connectivity index (χ1n) is 11.2. The molecule has 0 saturated heterocycles. The smallest absolute Gasteiger partial charge is 0.257 e. The minimum atomic E-state index is -0.0797. The monoisotopic (exact) mass is 425 g/mol. The number of carbonyl (C=O) groups is 1. The van der Waals surface area contributed by atoms with Crippen LogP contribution in [0, 0.1) is 20.8 Å². The number of carbonyl (C=O) groups excluding carboxylic acids is 1. The van der Waals surface area contributed by atoms with Crippen LogP contribution in [-0.4, -0.2) is 35.1 Å². The van der Waals surface area contributed by atoms with Crippen molar-refractivity contribution in [1.82, 2.24) is 9.91 Å². The number of benzene rings is 3. The van der Waals surface area contributed by atoms with Gasteiger partial charge in [-0.3, -0.25) is 9.69 Å². The van der Waals surface area contributed by atoms with Crippen molar-refractivity contribution in [2.75, 3.05) is 13.6 Å². The van der Waals surface area contributed by atoms with Crippen LogP contribution in [0.25, 0.3) is 0 Å². The Hall–Kier alpha value is -3.24. The fraction of sp³-hybridized carbons (Fsp3) is 0.286. The molecule has 0 bridgehead atoms. The first-order valence-corrected chi connectivity index (χ1v) is 11.2. The number of hydrogen-bond donors (Lipinski definition) is 0. The average molecular weight is 426 g/mol. The van der Waals surface area contributed by atoms with Crippen molar-refractivity contribution in [1.29, 1.82) is 0 Å². The van der Waals surface area contributed by atoms with Gasteiger partial charge in [0.2, 0.25) is 0 Å². The molecular formula is C28H31N3O. The van der Waals surface area contributed by atoms with Gasteiger partial charge >= 0.3 is 0 Å². The Morgan fingerprint density at radius 1 is 0.969 bits per heavy atom. The number of amides is 1. The van der Waals surface area contributed by atoms with Crippen LogP contribution in [0.4, 0.5) is 0 Å². The van der Waals surface area contributed by atoms with Crippen molar-refractivity contribution in [3.05, 3.63) is 106 Å². The van der Waals surface area contributed by atoms with E-state index in [0.717, 1.165) is 29.8 Å². The zero-order valence-electron chi connectivity index (χ0n) is 19.4. The minimum absolute atomic E-state index is 0.0220. The van der Waals surface area contributed by atoms with Crippen molar-refractivity contribution >= 4 is 11.6 Å². The molecule has 1 atom stereocenters. The lowest BCUT2D eigenvalue weighted by atomic mass is 9.95. The second-order valence-corrected chi connectivity index (χ2v) is 8.89. The summed E-state index contributed by atoms with van der Waals surface area (Å²) < 4.78 is 0. The summed E-state index contributed by atoms with van der Waals surface area (Å²) in [7, 11) is 1.98. The van der Waals surface area contributed by atoms with E-state index < -0.39 is 0 Å². The molecular weight excluding hydrogens is 394 g/mol. The van der Waals surface area contributed by atoms with E-state index >= 15 is 0 Å². The van der Waals surface area contributed by atoms with Crippen molar-refractivity contribution in [2.45, 2.75) is 39.8 Å². The van der Waals surface area contributed by atoms with E-state index in [9.17, 15) is 4.79 Å². The van der Waals surface area contributed by atoms with Crippen molar-refractivity contribution in [3.63, 3.8) is 0 Å². The summed E-state index contributed by atoms with van der Waals surface area (Å²) in [5.41, 5.74) is 8.06. The van der Waals surface area contributed by atoms with Gasteiger partial charge in [0, 0.05) is 18.5 Å². The maximum absolute atomic E-state index is 13.4. The predicted molar refractivity (Wildman–Crippen MR) is 131 cm³/mol. The fourth-order valence-electron chi connectivity index (χ4n) is 4.34. The van der Waals surface area contributed by atoms with Crippen molar-refractivity contribution < 1.29 is 4.79 Å². The number of aryl methyl sites for hydroxylation is 3. The summed E-state index contributed by atoms with van der Waals surface area (Å²) >= 11 is 0. The normalized spacial score (nSPS) is 15.8. The molecule has 0 fully saturated rings. The van der Waals surface area contributed by atoms with Gasteiger partial charge in [-0.05, 0) is 44.5 Å². The van der Waals surface area contributed by atoms with Crippen LogP contribution < -0.4 is 0 Å². The number of hydrazone groups is 1. The van der Waals surface area contributed by atoms with Crippen molar-refractivity contribution in [2.24, 2.45) is 5.10 Å². The Morgan fingerprint density at radius 2 is 1.66 bits per heavy atom. The molecule has 164 valence electrons. The van der Waals surface area contributed by atoms with Gasteiger partial charge in [-0.2, -0.15) is 5.10 Å². The maximum atomic E-state index is 13.4. The first kappa shape index (κ1) is 22.0.